The minimum Gasteiger partial charge on any atom is -0.492 e. The van der Waals surface area contributed by atoms with E-state index in [1.165, 1.54) is 23.6 Å². The number of rotatable bonds is 7. The third-order valence-electron chi connectivity index (χ3n) is 4.30. The molecule has 1 aliphatic heterocycles. The maximum Gasteiger partial charge on any atom is 0.127 e. The van der Waals surface area contributed by atoms with Crippen LogP contribution < -0.4 is 10.1 Å². The van der Waals surface area contributed by atoms with Crippen LogP contribution in [-0.4, -0.2) is 32.4 Å². The molecule has 0 spiro atoms. The van der Waals surface area contributed by atoms with Gasteiger partial charge in [-0.05, 0) is 24.3 Å². The van der Waals surface area contributed by atoms with E-state index in [0.29, 0.717) is 12.0 Å². The monoisotopic (exact) mass is 300 g/mol. The predicted molar refractivity (Wildman–Crippen MR) is 89.2 cm³/mol. The van der Waals surface area contributed by atoms with E-state index in [1.807, 2.05) is 0 Å². The van der Waals surface area contributed by atoms with Gasteiger partial charge in [-0.15, -0.1) is 0 Å². The number of nitrogens with two attached hydrogens (primary N) is 1. The van der Waals surface area contributed by atoms with E-state index >= 15 is 0 Å². The quantitative estimate of drug-likeness (QED) is 0.853. The molecule has 0 amide bonds. The fraction of sp³-hybridized carbons (Fsp3) is 0.474. The highest BCUT2D eigenvalue weighted by Crippen LogP contribution is 2.25. The van der Waals surface area contributed by atoms with Crippen LogP contribution in [0.15, 0.2) is 42.5 Å². The van der Waals surface area contributed by atoms with Crippen molar-refractivity contribution < 1.29 is 14.8 Å². The first-order chi connectivity index (χ1) is 10.8. The summed E-state index contributed by atoms with van der Waals surface area (Å²) in [7, 11) is 0. The Morgan fingerprint density at radius 1 is 1.23 bits per heavy atom. The molecule has 3 nitrogen and oxygen atoms in total. The topological polar surface area (TPSA) is 35.1 Å². The Morgan fingerprint density at radius 3 is 2.95 bits per heavy atom. The van der Waals surface area contributed by atoms with Gasteiger partial charge in [0.15, 0.2) is 0 Å². The molecule has 3 heteroatoms. The third-order valence-corrected chi connectivity index (χ3v) is 4.30. The Morgan fingerprint density at radius 2 is 2.09 bits per heavy atom. The van der Waals surface area contributed by atoms with Crippen molar-refractivity contribution in [3.05, 3.63) is 42.5 Å². The highest BCUT2D eigenvalue weighted by Gasteiger charge is 2.17. The van der Waals surface area contributed by atoms with Crippen molar-refractivity contribution in [3.63, 3.8) is 0 Å². The molecule has 2 aromatic rings. The number of ether oxygens (including phenoxy) is 2. The molecule has 2 aromatic carbocycles. The summed E-state index contributed by atoms with van der Waals surface area (Å²) >= 11 is 0. The minimum absolute atomic E-state index is 0.464. The second-order valence-electron chi connectivity index (χ2n) is 6.29. The summed E-state index contributed by atoms with van der Waals surface area (Å²) in [6.07, 6.45) is 2.90. The maximum absolute atomic E-state index is 6.05. The summed E-state index contributed by atoms with van der Waals surface area (Å²) in [5.41, 5.74) is 0. The molecule has 22 heavy (non-hydrogen) atoms. The van der Waals surface area contributed by atoms with E-state index < -0.39 is 0 Å². The van der Waals surface area contributed by atoms with Gasteiger partial charge in [0.25, 0.3) is 0 Å². The normalized spacial score (nSPS) is 19.4. The number of hydrogen-bond donors (Lipinski definition) is 1. The van der Waals surface area contributed by atoms with Crippen LogP contribution in [-0.2, 0) is 4.74 Å². The van der Waals surface area contributed by atoms with Crippen molar-refractivity contribution in [1.29, 1.82) is 0 Å². The lowest BCUT2D eigenvalue weighted by Gasteiger charge is -2.15. The Balaban J connectivity index is 1.46. The van der Waals surface area contributed by atoms with Crippen LogP contribution in [0, 0.1) is 5.92 Å². The minimum atomic E-state index is 0.464. The molecule has 3 rings (SSSR count). The van der Waals surface area contributed by atoms with E-state index in [0.717, 1.165) is 32.1 Å². The van der Waals surface area contributed by atoms with Crippen LogP contribution in [0.4, 0.5) is 0 Å². The zero-order valence-electron chi connectivity index (χ0n) is 13.3. The molecular weight excluding hydrogens is 274 g/mol. The second-order valence-corrected chi connectivity index (χ2v) is 6.29. The largest absolute Gasteiger partial charge is 0.492 e. The molecule has 1 heterocycles. The van der Waals surface area contributed by atoms with Crippen molar-refractivity contribution in [2.75, 3.05) is 26.3 Å². The first kappa shape index (κ1) is 15.3. The molecule has 0 radical (unpaired) electrons. The number of quaternary nitrogens is 1. The molecule has 1 saturated heterocycles. The maximum atomic E-state index is 6.05. The van der Waals surface area contributed by atoms with Crippen LogP contribution >= 0.6 is 0 Å². The highest BCUT2D eigenvalue weighted by molar-refractivity contribution is 5.88. The summed E-state index contributed by atoms with van der Waals surface area (Å²) in [5, 5.41) is 4.80. The van der Waals surface area contributed by atoms with Crippen molar-refractivity contribution in [2.24, 2.45) is 5.92 Å². The van der Waals surface area contributed by atoms with Crippen LogP contribution in [0.1, 0.15) is 19.8 Å². The lowest BCUT2D eigenvalue weighted by Crippen LogP contribution is -2.87. The van der Waals surface area contributed by atoms with E-state index in [2.05, 4.69) is 54.7 Å². The van der Waals surface area contributed by atoms with E-state index in [1.54, 1.807) is 0 Å². The molecule has 1 aliphatic rings. The average molecular weight is 300 g/mol. The molecule has 1 fully saturated rings. The van der Waals surface area contributed by atoms with Crippen LogP contribution in [0.25, 0.3) is 10.8 Å². The molecule has 0 aliphatic carbocycles. The lowest BCUT2D eigenvalue weighted by molar-refractivity contribution is -0.665. The van der Waals surface area contributed by atoms with Gasteiger partial charge in [0, 0.05) is 17.9 Å². The van der Waals surface area contributed by atoms with Crippen molar-refractivity contribution in [1.82, 2.24) is 0 Å². The molecule has 0 saturated carbocycles. The smallest absolute Gasteiger partial charge is 0.127 e. The Kier molecular flexibility index (Phi) is 5.30. The summed E-state index contributed by atoms with van der Waals surface area (Å²) < 4.78 is 11.7. The zero-order chi connectivity index (χ0) is 15.2. The average Bonchev–Trinajstić information content (AvgIpc) is 3.06. The van der Waals surface area contributed by atoms with Gasteiger partial charge < -0.3 is 14.8 Å². The molecule has 2 atom stereocenters. The molecule has 0 aromatic heterocycles. The van der Waals surface area contributed by atoms with Crippen LogP contribution in [0.5, 0.6) is 5.75 Å². The number of benzene rings is 2. The van der Waals surface area contributed by atoms with Gasteiger partial charge in [-0.3, -0.25) is 0 Å². The number of hydrogen-bond acceptors (Lipinski definition) is 2. The van der Waals surface area contributed by atoms with Crippen LogP contribution in [0.2, 0.25) is 0 Å². The van der Waals surface area contributed by atoms with Gasteiger partial charge in [-0.25, -0.2) is 0 Å². The van der Waals surface area contributed by atoms with Gasteiger partial charge in [-0.2, -0.15) is 0 Å². The first-order valence-electron chi connectivity index (χ1n) is 8.37. The molecule has 2 N–H and O–H groups in total. The number of fused-ring (bicyclic) bond motifs is 1. The SMILES string of the molecule is C[C@@H](C[NH2+]C[C@H]1CCCO1)COc1cccc2ccccc12. The van der Waals surface area contributed by atoms with Gasteiger partial charge in [-0.1, -0.05) is 43.3 Å². The Bertz CT molecular complexity index is 588. The summed E-state index contributed by atoms with van der Waals surface area (Å²) in [5.74, 6) is 1.52. The molecule has 0 unspecified atom stereocenters. The van der Waals surface area contributed by atoms with Gasteiger partial charge in [0.05, 0.1) is 13.2 Å². The second kappa shape index (κ2) is 7.61. The third kappa shape index (κ3) is 3.99. The van der Waals surface area contributed by atoms with Crippen molar-refractivity contribution in [2.45, 2.75) is 25.9 Å². The Hall–Kier alpha value is -1.58. The molecule has 0 bridgehead atoms. The highest BCUT2D eigenvalue weighted by atomic mass is 16.5. The lowest BCUT2D eigenvalue weighted by atomic mass is 10.1. The van der Waals surface area contributed by atoms with E-state index in [4.69, 9.17) is 9.47 Å². The van der Waals surface area contributed by atoms with Crippen LogP contribution in [0.3, 0.4) is 0 Å². The summed E-state index contributed by atoms with van der Waals surface area (Å²) in [6.45, 7) is 6.12. The predicted octanol–water partition coefficient (Wildman–Crippen LogP) is 2.60. The van der Waals surface area contributed by atoms with E-state index in [-0.39, 0.29) is 0 Å². The summed E-state index contributed by atoms with van der Waals surface area (Å²) in [4.78, 5) is 0. The van der Waals surface area contributed by atoms with Gasteiger partial charge in [0.1, 0.15) is 18.4 Å². The van der Waals surface area contributed by atoms with Crippen molar-refractivity contribution in [3.8, 4) is 5.75 Å². The Labute approximate surface area is 132 Å². The van der Waals surface area contributed by atoms with Gasteiger partial charge >= 0.3 is 0 Å². The fourth-order valence-corrected chi connectivity index (χ4v) is 3.02. The van der Waals surface area contributed by atoms with Gasteiger partial charge in [0.2, 0.25) is 0 Å². The summed E-state index contributed by atoms with van der Waals surface area (Å²) in [6, 6.07) is 14.6. The standard InChI is InChI=1S/C19H25NO2/c1-15(12-20-13-17-8-5-11-21-17)14-22-19-10-4-7-16-6-2-3-9-18(16)19/h2-4,6-7,9-10,15,17,20H,5,8,11-14H2,1H3/p+1/t15-,17+/m0/s1. The molecule has 118 valence electrons. The molecular formula is C19H26NO2+. The van der Waals surface area contributed by atoms with Crippen molar-refractivity contribution >= 4 is 10.8 Å². The first-order valence-corrected chi connectivity index (χ1v) is 8.37. The fourth-order valence-electron chi connectivity index (χ4n) is 3.02. The van der Waals surface area contributed by atoms with E-state index in [9.17, 15) is 0 Å². The zero-order valence-corrected chi connectivity index (χ0v) is 13.3.